The molecule has 0 aliphatic carbocycles. The maximum absolute atomic E-state index is 8.00. The molecule has 0 atom stereocenters. The van der Waals surface area contributed by atoms with Gasteiger partial charge in [-0.2, -0.15) is 0 Å². The van der Waals surface area contributed by atoms with Gasteiger partial charge in [0, 0.05) is 15.9 Å². The van der Waals surface area contributed by atoms with Gasteiger partial charge in [-0.1, -0.05) is 5.16 Å². The summed E-state index contributed by atoms with van der Waals surface area (Å²) >= 11 is 2.98. The highest BCUT2D eigenvalue weighted by molar-refractivity contribution is 9.10. The molecule has 5 heteroatoms. The fourth-order valence-corrected chi connectivity index (χ4v) is 0.680. The maximum atomic E-state index is 8.00. The molecule has 0 radical (unpaired) electrons. The molecule has 0 amide bonds. The van der Waals surface area contributed by atoms with Gasteiger partial charge in [-0.3, -0.25) is 0 Å². The van der Waals surface area contributed by atoms with Crippen molar-refractivity contribution >= 4 is 22.1 Å². The van der Waals surface area contributed by atoms with Crippen LogP contribution in [-0.2, 0) is 0 Å². The Balaban J connectivity index is 2.85. The summed E-state index contributed by atoms with van der Waals surface area (Å²) in [6.45, 7) is 0. The molecule has 0 saturated carbocycles. The van der Waals surface area contributed by atoms with Crippen LogP contribution in [0.5, 0.6) is 0 Å². The Hall–Kier alpha value is -0.840. The summed E-state index contributed by atoms with van der Waals surface area (Å²) in [4.78, 5) is 4.11. The van der Waals surface area contributed by atoms with Crippen LogP contribution in [0.15, 0.2) is 20.6 Å². The lowest BCUT2D eigenvalue weighted by molar-refractivity contribution is 0.321. The van der Waals surface area contributed by atoms with Crippen LogP contribution in [0.4, 0.5) is 0 Å². The molecule has 1 rings (SSSR count). The lowest BCUT2D eigenvalue weighted by Crippen LogP contribution is -1.77. The predicted molar refractivity (Wildman–Crippen MR) is 33.6 cm³/mol. The van der Waals surface area contributed by atoms with Gasteiger partial charge in [-0.25, -0.2) is 4.98 Å². The molecule has 0 saturated heterocycles. The van der Waals surface area contributed by atoms with Gasteiger partial charge in [-0.05, 0) is 0 Å². The van der Waals surface area contributed by atoms with Crippen molar-refractivity contribution in [1.82, 2.24) is 4.98 Å². The third-order valence-corrected chi connectivity index (χ3v) is 1.05. The van der Waals surface area contributed by atoms with E-state index in [1.165, 1.54) is 12.5 Å². The molecule has 1 aromatic heterocycles. The van der Waals surface area contributed by atoms with E-state index in [0.717, 1.165) is 0 Å². The van der Waals surface area contributed by atoms with Gasteiger partial charge in [0.15, 0.2) is 0 Å². The van der Waals surface area contributed by atoms with E-state index in [1.807, 2.05) is 0 Å². The second kappa shape index (κ2) is 2.63. The molecule has 0 aliphatic rings. The topological polar surface area (TPSA) is 58.6 Å². The van der Waals surface area contributed by atoms with Crippen molar-refractivity contribution in [3.8, 4) is 0 Å². The van der Waals surface area contributed by atoms with Crippen LogP contribution in [0.3, 0.4) is 0 Å². The van der Waals surface area contributed by atoms with E-state index < -0.39 is 0 Å². The Labute approximate surface area is 59.3 Å². The van der Waals surface area contributed by atoms with E-state index in [4.69, 9.17) is 9.62 Å². The minimum absolute atomic E-state index is 0.373. The van der Waals surface area contributed by atoms with Gasteiger partial charge in [-0.15, -0.1) is 0 Å². The van der Waals surface area contributed by atoms with Gasteiger partial charge in [0.2, 0.25) is 0 Å². The second-order valence-corrected chi connectivity index (χ2v) is 1.95. The highest BCUT2D eigenvalue weighted by Gasteiger charge is 1.94. The Bertz CT molecular complexity index is 220. The molecule has 0 bridgehead atoms. The van der Waals surface area contributed by atoms with E-state index in [1.54, 1.807) is 0 Å². The zero-order valence-corrected chi connectivity index (χ0v) is 5.87. The fourth-order valence-electron chi connectivity index (χ4n) is 0.382. The quantitative estimate of drug-likeness (QED) is 0.412. The molecule has 0 aromatic carbocycles. The van der Waals surface area contributed by atoms with Crippen LogP contribution < -0.4 is 0 Å². The van der Waals surface area contributed by atoms with Gasteiger partial charge in [0.25, 0.3) is 4.80 Å². The normalized spacial score (nSPS) is 10.8. The molecule has 0 aliphatic heterocycles. The van der Waals surface area contributed by atoms with Crippen LogP contribution in [0.1, 0.15) is 5.69 Å². The molecular formula is C4H3BrN2O2. The summed E-state index contributed by atoms with van der Waals surface area (Å²) in [6.07, 6.45) is 2.54. The van der Waals surface area contributed by atoms with Crippen LogP contribution in [0.25, 0.3) is 0 Å². The second-order valence-electron chi connectivity index (χ2n) is 1.27. The number of nitrogens with zero attached hydrogens (tertiary/aromatic N) is 2. The summed E-state index contributed by atoms with van der Waals surface area (Å²) in [5, 5.41) is 10.8. The zero-order chi connectivity index (χ0) is 6.69. The number of hydrogen-bond acceptors (Lipinski definition) is 4. The van der Waals surface area contributed by atoms with Crippen LogP contribution >= 0.6 is 15.9 Å². The smallest absolute Gasteiger partial charge is 0.264 e. The fraction of sp³-hybridized carbons (Fsp3) is 0. The standard InChI is InChI=1S/C4H3BrN2O2/c5-4-7-3(1-6-8)2-9-4/h1-2,8H/b6-1-. The predicted octanol–water partition coefficient (Wildman–Crippen LogP) is 1.25. The molecule has 48 valence electrons. The SMILES string of the molecule is O/N=C\c1coc(Br)n1. The van der Waals surface area contributed by atoms with Gasteiger partial charge < -0.3 is 9.62 Å². The molecule has 1 heterocycles. The zero-order valence-electron chi connectivity index (χ0n) is 4.28. The van der Waals surface area contributed by atoms with E-state index >= 15 is 0 Å². The number of oxazole rings is 1. The number of halogens is 1. The van der Waals surface area contributed by atoms with Crippen molar-refractivity contribution in [2.24, 2.45) is 5.16 Å². The average molecular weight is 191 g/mol. The average Bonchev–Trinajstić information content (AvgIpc) is 2.17. The van der Waals surface area contributed by atoms with Gasteiger partial charge in [0.1, 0.15) is 12.0 Å². The first kappa shape index (κ1) is 6.28. The van der Waals surface area contributed by atoms with Crippen molar-refractivity contribution < 1.29 is 9.62 Å². The number of rotatable bonds is 1. The van der Waals surface area contributed by atoms with Gasteiger partial charge >= 0.3 is 0 Å². The minimum Gasteiger partial charge on any atom is -0.439 e. The summed E-state index contributed by atoms with van der Waals surface area (Å²) < 4.78 is 4.72. The Morgan fingerprint density at radius 3 is 3.11 bits per heavy atom. The molecule has 0 unspecified atom stereocenters. The van der Waals surface area contributed by atoms with Crippen molar-refractivity contribution in [1.29, 1.82) is 0 Å². The first-order chi connectivity index (χ1) is 4.33. The third-order valence-electron chi connectivity index (χ3n) is 0.684. The molecule has 1 aromatic rings. The molecule has 1 N–H and O–H groups in total. The molecular weight excluding hydrogens is 188 g/mol. The maximum Gasteiger partial charge on any atom is 0.264 e. The molecule has 0 spiro atoms. The third kappa shape index (κ3) is 1.53. The Morgan fingerprint density at radius 1 is 1.89 bits per heavy atom. The number of oxime groups is 1. The van der Waals surface area contributed by atoms with Crippen molar-refractivity contribution in [2.75, 3.05) is 0 Å². The lowest BCUT2D eigenvalue weighted by Gasteiger charge is -1.71. The van der Waals surface area contributed by atoms with E-state index in [9.17, 15) is 0 Å². The van der Waals surface area contributed by atoms with E-state index in [-0.39, 0.29) is 0 Å². The van der Waals surface area contributed by atoms with Crippen molar-refractivity contribution in [3.63, 3.8) is 0 Å². The first-order valence-electron chi connectivity index (χ1n) is 2.11. The number of hydrogen-bond donors (Lipinski definition) is 1. The largest absolute Gasteiger partial charge is 0.439 e. The van der Waals surface area contributed by atoms with Gasteiger partial charge in [0.05, 0.1) is 6.21 Å². The van der Waals surface area contributed by atoms with Crippen LogP contribution in [0.2, 0.25) is 0 Å². The minimum atomic E-state index is 0.373. The summed E-state index contributed by atoms with van der Waals surface area (Å²) in [7, 11) is 0. The van der Waals surface area contributed by atoms with Crippen LogP contribution in [-0.4, -0.2) is 16.4 Å². The first-order valence-corrected chi connectivity index (χ1v) is 2.90. The Kier molecular flexibility index (Phi) is 1.84. The van der Waals surface area contributed by atoms with E-state index in [0.29, 0.717) is 10.5 Å². The summed E-state index contributed by atoms with van der Waals surface area (Å²) in [6, 6.07) is 0. The summed E-state index contributed by atoms with van der Waals surface area (Å²) in [5.41, 5.74) is 0.476. The number of aromatic nitrogens is 1. The highest BCUT2D eigenvalue weighted by Crippen LogP contribution is 2.06. The monoisotopic (exact) mass is 190 g/mol. The van der Waals surface area contributed by atoms with E-state index in [2.05, 4.69) is 26.1 Å². The van der Waals surface area contributed by atoms with Crippen molar-refractivity contribution in [3.05, 3.63) is 16.8 Å². The molecule has 4 nitrogen and oxygen atoms in total. The lowest BCUT2D eigenvalue weighted by atomic mass is 10.5. The van der Waals surface area contributed by atoms with Crippen LogP contribution in [0, 0.1) is 0 Å². The Morgan fingerprint density at radius 2 is 2.67 bits per heavy atom. The summed E-state index contributed by atoms with van der Waals surface area (Å²) in [5.74, 6) is 0. The highest BCUT2D eigenvalue weighted by atomic mass is 79.9. The molecule has 0 fully saturated rings. The van der Waals surface area contributed by atoms with Crippen molar-refractivity contribution in [2.45, 2.75) is 0 Å². The molecule has 9 heavy (non-hydrogen) atoms.